The molecule has 1 saturated carbocycles. The minimum Gasteiger partial charge on any atom is -0.479 e. The van der Waals surface area contributed by atoms with Crippen molar-refractivity contribution >= 4 is 12.2 Å². The first kappa shape index (κ1) is 12.5. The highest BCUT2D eigenvalue weighted by atomic mass is 16.5. The van der Waals surface area contributed by atoms with E-state index in [4.69, 9.17) is 4.74 Å². The van der Waals surface area contributed by atoms with Crippen molar-refractivity contribution in [2.45, 2.75) is 38.8 Å². The minimum absolute atomic E-state index is 0.157. The van der Waals surface area contributed by atoms with Gasteiger partial charge in [-0.25, -0.2) is 4.98 Å². The number of carbonyl (C=O) groups is 2. The van der Waals surface area contributed by atoms with E-state index in [1.54, 1.807) is 26.0 Å². The van der Waals surface area contributed by atoms with Crippen LogP contribution in [0.5, 0.6) is 5.75 Å². The molecule has 1 aliphatic carbocycles. The number of aryl methyl sites for hydroxylation is 1. The molecule has 1 aromatic heterocycles. The Kier molecular flexibility index (Phi) is 3.60. The van der Waals surface area contributed by atoms with Crippen molar-refractivity contribution in [2.24, 2.45) is 0 Å². The minimum atomic E-state index is -0.631. The molecule has 5 heteroatoms. The molecule has 1 unspecified atom stereocenters. The van der Waals surface area contributed by atoms with Crippen molar-refractivity contribution in [3.8, 4) is 5.75 Å². The highest BCUT2D eigenvalue weighted by Crippen LogP contribution is 2.20. The summed E-state index contributed by atoms with van der Waals surface area (Å²) >= 11 is 0. The monoisotopic (exact) mass is 248 g/mol. The van der Waals surface area contributed by atoms with Crippen LogP contribution in [0.4, 0.5) is 0 Å². The molecule has 96 valence electrons. The summed E-state index contributed by atoms with van der Waals surface area (Å²) in [6.07, 6.45) is 2.07. The first-order valence-electron chi connectivity index (χ1n) is 6.00. The van der Waals surface area contributed by atoms with Crippen LogP contribution in [0.1, 0.15) is 35.9 Å². The Balaban J connectivity index is 2.03. The van der Waals surface area contributed by atoms with Gasteiger partial charge in [-0.1, -0.05) is 0 Å². The van der Waals surface area contributed by atoms with Gasteiger partial charge in [0, 0.05) is 11.7 Å². The molecule has 5 nitrogen and oxygen atoms in total. The van der Waals surface area contributed by atoms with Gasteiger partial charge in [-0.05, 0) is 38.8 Å². The van der Waals surface area contributed by atoms with Crippen LogP contribution >= 0.6 is 0 Å². The Morgan fingerprint density at radius 3 is 2.89 bits per heavy atom. The van der Waals surface area contributed by atoms with E-state index in [-0.39, 0.29) is 11.6 Å². The zero-order chi connectivity index (χ0) is 13.1. The number of rotatable bonds is 5. The molecule has 0 spiro atoms. The van der Waals surface area contributed by atoms with E-state index in [9.17, 15) is 9.59 Å². The van der Waals surface area contributed by atoms with Crippen LogP contribution in [0.25, 0.3) is 0 Å². The van der Waals surface area contributed by atoms with Gasteiger partial charge in [-0.3, -0.25) is 9.59 Å². The lowest BCUT2D eigenvalue weighted by Crippen LogP contribution is -2.37. The molecule has 1 fully saturated rings. The fraction of sp³-hybridized carbons (Fsp3) is 0.462. The number of hydrogen-bond donors (Lipinski definition) is 1. The molecule has 1 aliphatic rings. The number of carbonyl (C=O) groups excluding carboxylic acids is 2. The lowest BCUT2D eigenvalue weighted by atomic mass is 10.3. The fourth-order valence-corrected chi connectivity index (χ4v) is 1.54. The molecule has 0 radical (unpaired) electrons. The summed E-state index contributed by atoms with van der Waals surface area (Å²) in [4.78, 5) is 26.6. The lowest BCUT2D eigenvalue weighted by Gasteiger charge is -2.15. The normalized spacial score (nSPS) is 15.9. The van der Waals surface area contributed by atoms with Crippen molar-refractivity contribution in [1.29, 1.82) is 0 Å². The highest BCUT2D eigenvalue weighted by Gasteiger charge is 2.26. The summed E-state index contributed by atoms with van der Waals surface area (Å²) in [5.41, 5.74) is 0.959. The second kappa shape index (κ2) is 5.16. The van der Waals surface area contributed by atoms with Gasteiger partial charge in [0.1, 0.15) is 11.4 Å². The molecule has 1 N–H and O–H groups in total. The van der Waals surface area contributed by atoms with E-state index in [0.29, 0.717) is 18.1 Å². The van der Waals surface area contributed by atoms with Crippen LogP contribution < -0.4 is 10.1 Å². The Labute approximate surface area is 106 Å². The SMILES string of the molecule is Cc1ccc(OC(C)C(=O)NC2CC2)c(C=O)n1. The molecule has 0 saturated heterocycles. The molecule has 0 bridgehead atoms. The summed E-state index contributed by atoms with van der Waals surface area (Å²) in [5, 5.41) is 2.85. The second-order valence-corrected chi connectivity index (χ2v) is 4.50. The van der Waals surface area contributed by atoms with Crippen LogP contribution in [0, 0.1) is 6.92 Å². The molecule has 1 heterocycles. The number of pyridine rings is 1. The van der Waals surface area contributed by atoms with Gasteiger partial charge in [0.25, 0.3) is 5.91 Å². The summed E-state index contributed by atoms with van der Waals surface area (Å²) in [6, 6.07) is 3.70. The van der Waals surface area contributed by atoms with Gasteiger partial charge in [-0.2, -0.15) is 0 Å². The van der Waals surface area contributed by atoms with Crippen LogP contribution in [-0.2, 0) is 4.79 Å². The molecule has 1 amide bonds. The average Bonchev–Trinajstić information content (AvgIpc) is 3.15. The standard InChI is InChI=1S/C13H16N2O3/c1-8-3-6-12(11(7-16)14-8)18-9(2)13(17)15-10-4-5-10/h3,6-7,9-10H,4-5H2,1-2H3,(H,15,17). The highest BCUT2D eigenvalue weighted by molar-refractivity contribution is 5.82. The number of nitrogens with one attached hydrogen (secondary N) is 1. The topological polar surface area (TPSA) is 68.3 Å². The molecule has 2 rings (SSSR count). The quantitative estimate of drug-likeness (QED) is 0.796. The first-order valence-corrected chi connectivity index (χ1v) is 6.00. The van der Waals surface area contributed by atoms with Crippen molar-refractivity contribution < 1.29 is 14.3 Å². The molecule has 1 aromatic rings. The van der Waals surface area contributed by atoms with Crippen molar-refractivity contribution in [2.75, 3.05) is 0 Å². The van der Waals surface area contributed by atoms with E-state index in [0.717, 1.165) is 18.5 Å². The third kappa shape index (κ3) is 3.06. The van der Waals surface area contributed by atoms with E-state index < -0.39 is 6.10 Å². The maximum atomic E-state index is 11.7. The number of hydrogen-bond acceptors (Lipinski definition) is 4. The zero-order valence-electron chi connectivity index (χ0n) is 10.5. The van der Waals surface area contributed by atoms with Gasteiger partial charge in [0.15, 0.2) is 12.4 Å². The van der Waals surface area contributed by atoms with E-state index in [2.05, 4.69) is 10.3 Å². The summed E-state index contributed by atoms with van der Waals surface area (Å²) in [7, 11) is 0. The molecule has 0 aliphatic heterocycles. The van der Waals surface area contributed by atoms with Gasteiger partial charge in [0.2, 0.25) is 0 Å². The summed E-state index contributed by atoms with van der Waals surface area (Å²) in [5.74, 6) is 0.184. The van der Waals surface area contributed by atoms with Gasteiger partial charge >= 0.3 is 0 Å². The lowest BCUT2D eigenvalue weighted by molar-refractivity contribution is -0.127. The third-order valence-electron chi connectivity index (χ3n) is 2.73. The van der Waals surface area contributed by atoms with Gasteiger partial charge < -0.3 is 10.1 Å². The summed E-state index contributed by atoms with van der Waals surface area (Å²) in [6.45, 7) is 3.45. The maximum Gasteiger partial charge on any atom is 0.260 e. The smallest absolute Gasteiger partial charge is 0.260 e. The fourth-order valence-electron chi connectivity index (χ4n) is 1.54. The average molecular weight is 248 g/mol. The first-order chi connectivity index (χ1) is 8.60. The molecule has 18 heavy (non-hydrogen) atoms. The number of ether oxygens (including phenoxy) is 1. The van der Waals surface area contributed by atoms with Crippen molar-refractivity contribution in [1.82, 2.24) is 10.3 Å². The van der Waals surface area contributed by atoms with Crippen molar-refractivity contribution in [3.63, 3.8) is 0 Å². The maximum absolute atomic E-state index is 11.7. The van der Waals surface area contributed by atoms with Crippen molar-refractivity contribution in [3.05, 3.63) is 23.5 Å². The second-order valence-electron chi connectivity index (χ2n) is 4.50. The molecule has 0 aromatic carbocycles. The zero-order valence-corrected chi connectivity index (χ0v) is 10.5. The van der Waals surface area contributed by atoms with Crippen LogP contribution in [0.15, 0.2) is 12.1 Å². The van der Waals surface area contributed by atoms with E-state index >= 15 is 0 Å². The predicted octanol–water partition coefficient (Wildman–Crippen LogP) is 1.25. The van der Waals surface area contributed by atoms with Crippen LogP contribution in [0.3, 0.4) is 0 Å². The van der Waals surface area contributed by atoms with Gasteiger partial charge in [0.05, 0.1) is 0 Å². The Morgan fingerprint density at radius 2 is 2.28 bits per heavy atom. The van der Waals surface area contributed by atoms with Gasteiger partial charge in [-0.15, -0.1) is 0 Å². The Morgan fingerprint density at radius 1 is 1.56 bits per heavy atom. The van der Waals surface area contributed by atoms with E-state index in [1.807, 2.05) is 0 Å². The number of amides is 1. The molecular weight excluding hydrogens is 232 g/mol. The predicted molar refractivity (Wildman–Crippen MR) is 65.6 cm³/mol. The van der Waals surface area contributed by atoms with Crippen LogP contribution in [-0.4, -0.2) is 29.3 Å². The third-order valence-corrected chi connectivity index (χ3v) is 2.73. The summed E-state index contributed by atoms with van der Waals surface area (Å²) < 4.78 is 5.48. The Bertz CT molecular complexity index is 469. The number of aldehydes is 1. The molecular formula is C13H16N2O3. The number of aromatic nitrogens is 1. The number of nitrogens with zero attached hydrogens (tertiary/aromatic N) is 1. The largest absolute Gasteiger partial charge is 0.479 e. The molecule has 1 atom stereocenters. The van der Waals surface area contributed by atoms with E-state index in [1.165, 1.54) is 0 Å². The van der Waals surface area contributed by atoms with Crippen LogP contribution in [0.2, 0.25) is 0 Å². The Hall–Kier alpha value is -1.91.